The molecule has 0 atom stereocenters. The van der Waals surface area contributed by atoms with Crippen molar-refractivity contribution in [2.45, 2.75) is 19.8 Å². The molecule has 1 rings (SSSR count). The van der Waals surface area contributed by atoms with Gasteiger partial charge < -0.3 is 4.52 Å². The molecule has 1 heterocycles. The first kappa shape index (κ1) is 6.75. The number of rotatable bonds is 1. The Bertz CT molecular complexity index is 258. The van der Waals surface area contributed by atoms with Crippen LogP contribution in [-0.4, -0.2) is 10.1 Å². The minimum absolute atomic E-state index is 0.0312. The van der Waals surface area contributed by atoms with Crippen LogP contribution < -0.4 is 0 Å². The summed E-state index contributed by atoms with van der Waals surface area (Å²) in [5.41, 5.74) is 0. The monoisotopic (exact) mass is 137 g/mol. The molecular formula is C6H7N3O. The van der Waals surface area contributed by atoms with Gasteiger partial charge >= 0.3 is 5.89 Å². The van der Waals surface area contributed by atoms with E-state index in [0.717, 1.165) is 0 Å². The normalized spacial score (nSPS) is 9.80. The maximum Gasteiger partial charge on any atom is 0.329 e. The summed E-state index contributed by atoms with van der Waals surface area (Å²) in [6.45, 7) is 3.87. The van der Waals surface area contributed by atoms with Gasteiger partial charge in [-0.3, -0.25) is 0 Å². The minimum atomic E-state index is 0.0312. The van der Waals surface area contributed by atoms with Gasteiger partial charge in [0.25, 0.3) is 0 Å². The first-order valence-corrected chi connectivity index (χ1v) is 2.97. The van der Waals surface area contributed by atoms with Gasteiger partial charge in [0.15, 0.2) is 11.9 Å². The maximum absolute atomic E-state index is 8.29. The van der Waals surface area contributed by atoms with Crippen LogP contribution >= 0.6 is 0 Å². The zero-order valence-corrected chi connectivity index (χ0v) is 5.83. The van der Waals surface area contributed by atoms with E-state index in [1.165, 1.54) is 0 Å². The van der Waals surface area contributed by atoms with Crippen molar-refractivity contribution < 1.29 is 4.52 Å². The first-order valence-electron chi connectivity index (χ1n) is 2.97. The van der Waals surface area contributed by atoms with E-state index in [-0.39, 0.29) is 11.8 Å². The van der Waals surface area contributed by atoms with Crippen LogP contribution in [0.15, 0.2) is 4.52 Å². The van der Waals surface area contributed by atoms with Gasteiger partial charge in [0.2, 0.25) is 0 Å². The quantitative estimate of drug-likeness (QED) is 0.580. The summed E-state index contributed by atoms with van der Waals surface area (Å²) in [5.74, 6) is 0.825. The SMILES string of the molecule is CC(C)c1noc(C#N)n1. The summed E-state index contributed by atoms with van der Waals surface area (Å²) in [6.07, 6.45) is 0. The standard InChI is InChI=1S/C6H7N3O/c1-4(2)6-8-5(3-7)10-9-6/h4H,1-2H3. The Kier molecular flexibility index (Phi) is 1.67. The zero-order chi connectivity index (χ0) is 7.56. The van der Waals surface area contributed by atoms with Gasteiger partial charge in [-0.15, -0.1) is 0 Å². The van der Waals surface area contributed by atoms with Gasteiger partial charge in [-0.2, -0.15) is 10.2 Å². The Labute approximate surface area is 58.5 Å². The van der Waals surface area contributed by atoms with Gasteiger partial charge in [-0.05, 0) is 0 Å². The largest absolute Gasteiger partial charge is 0.329 e. The van der Waals surface area contributed by atoms with Crippen LogP contribution in [0.1, 0.15) is 31.5 Å². The molecule has 0 saturated heterocycles. The molecule has 4 nitrogen and oxygen atoms in total. The Morgan fingerprint density at radius 1 is 1.60 bits per heavy atom. The van der Waals surface area contributed by atoms with E-state index in [9.17, 15) is 0 Å². The lowest BCUT2D eigenvalue weighted by atomic mass is 10.2. The van der Waals surface area contributed by atoms with Gasteiger partial charge in [0.1, 0.15) is 0 Å². The molecule has 0 saturated carbocycles. The Hall–Kier alpha value is -1.37. The van der Waals surface area contributed by atoms with E-state index >= 15 is 0 Å². The molecule has 0 radical (unpaired) electrons. The highest BCUT2D eigenvalue weighted by atomic mass is 16.5. The predicted molar refractivity (Wildman–Crippen MR) is 33.1 cm³/mol. The lowest BCUT2D eigenvalue weighted by Gasteiger charge is -1.90. The molecule has 0 amide bonds. The van der Waals surface area contributed by atoms with E-state index in [2.05, 4.69) is 14.7 Å². The van der Waals surface area contributed by atoms with Crippen LogP contribution in [0.4, 0.5) is 0 Å². The minimum Gasteiger partial charge on any atom is -0.323 e. The molecule has 0 aliphatic rings. The molecule has 1 aromatic heterocycles. The van der Waals surface area contributed by atoms with Gasteiger partial charge in [-0.25, -0.2) is 0 Å². The molecule has 0 aromatic carbocycles. The van der Waals surface area contributed by atoms with Crippen molar-refractivity contribution in [3.05, 3.63) is 11.7 Å². The van der Waals surface area contributed by atoms with Crippen LogP contribution in [0.5, 0.6) is 0 Å². The summed E-state index contributed by atoms with van der Waals surface area (Å²) < 4.78 is 4.55. The summed E-state index contributed by atoms with van der Waals surface area (Å²) in [4.78, 5) is 3.79. The van der Waals surface area contributed by atoms with Crippen molar-refractivity contribution in [3.63, 3.8) is 0 Å². The summed E-state index contributed by atoms with van der Waals surface area (Å²) >= 11 is 0. The van der Waals surface area contributed by atoms with Crippen LogP contribution in [0.25, 0.3) is 0 Å². The van der Waals surface area contributed by atoms with Crippen LogP contribution in [0, 0.1) is 11.3 Å². The van der Waals surface area contributed by atoms with Gasteiger partial charge in [0.05, 0.1) is 0 Å². The van der Waals surface area contributed by atoms with E-state index < -0.39 is 0 Å². The molecule has 4 heteroatoms. The molecule has 0 aliphatic carbocycles. The third-order valence-corrected chi connectivity index (χ3v) is 1.05. The number of aromatic nitrogens is 2. The number of nitriles is 1. The molecule has 0 bridgehead atoms. The van der Waals surface area contributed by atoms with Crippen LogP contribution in [0.2, 0.25) is 0 Å². The molecule has 1 aromatic rings. The number of hydrogen-bond acceptors (Lipinski definition) is 4. The first-order chi connectivity index (χ1) is 4.74. The Balaban J connectivity index is 2.91. The second-order valence-corrected chi connectivity index (χ2v) is 2.22. The molecule has 0 spiro atoms. The fourth-order valence-electron chi connectivity index (χ4n) is 0.515. The molecular weight excluding hydrogens is 130 g/mol. The van der Waals surface area contributed by atoms with E-state index in [4.69, 9.17) is 5.26 Å². The van der Waals surface area contributed by atoms with Crippen molar-refractivity contribution >= 4 is 0 Å². The van der Waals surface area contributed by atoms with Crippen molar-refractivity contribution in [2.24, 2.45) is 0 Å². The maximum atomic E-state index is 8.29. The second kappa shape index (κ2) is 2.48. The predicted octanol–water partition coefficient (Wildman–Crippen LogP) is 1.06. The number of nitrogens with zero attached hydrogens (tertiary/aromatic N) is 3. The van der Waals surface area contributed by atoms with Crippen molar-refractivity contribution in [1.29, 1.82) is 5.26 Å². The highest BCUT2D eigenvalue weighted by Gasteiger charge is 2.07. The van der Waals surface area contributed by atoms with E-state index in [1.807, 2.05) is 13.8 Å². The van der Waals surface area contributed by atoms with E-state index in [1.54, 1.807) is 6.07 Å². The summed E-state index contributed by atoms with van der Waals surface area (Å²) in [5, 5.41) is 11.9. The lowest BCUT2D eigenvalue weighted by molar-refractivity contribution is 0.397. The highest BCUT2D eigenvalue weighted by Crippen LogP contribution is 2.08. The molecule has 0 aliphatic heterocycles. The van der Waals surface area contributed by atoms with Crippen LogP contribution in [0.3, 0.4) is 0 Å². The Morgan fingerprint density at radius 3 is 2.60 bits per heavy atom. The molecule has 0 N–H and O–H groups in total. The molecule has 0 unspecified atom stereocenters. The topological polar surface area (TPSA) is 62.7 Å². The fraction of sp³-hybridized carbons (Fsp3) is 0.500. The van der Waals surface area contributed by atoms with Crippen molar-refractivity contribution in [1.82, 2.24) is 10.1 Å². The summed E-state index contributed by atoms with van der Waals surface area (Å²) in [6, 6.07) is 1.76. The lowest BCUT2D eigenvalue weighted by Crippen LogP contribution is -1.88. The smallest absolute Gasteiger partial charge is 0.323 e. The average molecular weight is 137 g/mol. The van der Waals surface area contributed by atoms with Crippen LogP contribution in [-0.2, 0) is 0 Å². The second-order valence-electron chi connectivity index (χ2n) is 2.22. The third-order valence-electron chi connectivity index (χ3n) is 1.05. The molecule has 52 valence electrons. The van der Waals surface area contributed by atoms with Gasteiger partial charge in [-0.1, -0.05) is 19.0 Å². The van der Waals surface area contributed by atoms with E-state index in [0.29, 0.717) is 5.82 Å². The third kappa shape index (κ3) is 1.13. The zero-order valence-electron chi connectivity index (χ0n) is 5.83. The van der Waals surface area contributed by atoms with Crippen molar-refractivity contribution in [2.75, 3.05) is 0 Å². The fourth-order valence-corrected chi connectivity index (χ4v) is 0.515. The molecule has 0 fully saturated rings. The van der Waals surface area contributed by atoms with Gasteiger partial charge in [0, 0.05) is 5.92 Å². The van der Waals surface area contributed by atoms with Crippen molar-refractivity contribution in [3.8, 4) is 6.07 Å². The average Bonchev–Trinajstić information content (AvgIpc) is 2.34. The molecule has 10 heavy (non-hydrogen) atoms. The number of hydrogen-bond donors (Lipinski definition) is 0. The highest BCUT2D eigenvalue weighted by molar-refractivity contribution is 5.05. The summed E-state index contributed by atoms with van der Waals surface area (Å²) in [7, 11) is 0. The Morgan fingerprint density at radius 2 is 2.30 bits per heavy atom.